The second kappa shape index (κ2) is 9.15. The van der Waals surface area contributed by atoms with Gasteiger partial charge in [0.2, 0.25) is 0 Å². The zero-order chi connectivity index (χ0) is 24.7. The lowest BCUT2D eigenvalue weighted by Gasteiger charge is -2.28. The molecule has 5 rings (SSSR count). The van der Waals surface area contributed by atoms with Gasteiger partial charge in [0, 0.05) is 49.3 Å². The second-order valence-corrected chi connectivity index (χ2v) is 9.65. The number of aromatic nitrogens is 3. The summed E-state index contributed by atoms with van der Waals surface area (Å²) in [6.07, 6.45) is 3.70. The maximum Gasteiger partial charge on any atom is 0.174 e. The minimum atomic E-state index is -0.0864. The summed E-state index contributed by atoms with van der Waals surface area (Å²) in [5, 5.41) is 4.27. The van der Waals surface area contributed by atoms with Gasteiger partial charge in [-0.05, 0) is 98.7 Å². The summed E-state index contributed by atoms with van der Waals surface area (Å²) in [6, 6.07) is 20.8. The molecule has 1 aliphatic rings. The van der Waals surface area contributed by atoms with Gasteiger partial charge in [-0.15, -0.1) is 0 Å². The first-order valence-corrected chi connectivity index (χ1v) is 12.2. The van der Waals surface area contributed by atoms with Crippen LogP contribution in [0.25, 0.3) is 5.82 Å². The molecule has 0 unspecified atom stereocenters. The Balaban J connectivity index is 1.66. The van der Waals surface area contributed by atoms with E-state index >= 15 is 0 Å². The molecule has 0 aliphatic carbocycles. The minimum Gasteiger partial charge on any atom is -0.378 e. The van der Waals surface area contributed by atoms with Crippen molar-refractivity contribution in [3.8, 4) is 5.82 Å². The van der Waals surface area contributed by atoms with Crippen LogP contribution in [0.3, 0.4) is 0 Å². The molecular weight excluding hydrogens is 452 g/mol. The van der Waals surface area contributed by atoms with Crippen molar-refractivity contribution in [3.63, 3.8) is 0 Å². The molecule has 1 fully saturated rings. The number of rotatable bonds is 5. The molecule has 1 N–H and O–H groups in total. The largest absolute Gasteiger partial charge is 0.378 e. The molecule has 4 heterocycles. The molecule has 6 nitrogen and oxygen atoms in total. The van der Waals surface area contributed by atoms with E-state index < -0.39 is 0 Å². The highest BCUT2D eigenvalue weighted by Crippen LogP contribution is 2.43. The van der Waals surface area contributed by atoms with Gasteiger partial charge < -0.3 is 19.7 Å². The number of nitrogens with one attached hydrogen (secondary N) is 1. The number of thiocarbonyl (C=S) groups is 1. The zero-order valence-corrected chi connectivity index (χ0v) is 21.5. The Morgan fingerprint density at radius 3 is 2.34 bits per heavy atom. The fourth-order valence-corrected chi connectivity index (χ4v) is 5.29. The predicted molar refractivity (Wildman–Crippen MR) is 146 cm³/mol. The lowest BCUT2D eigenvalue weighted by Crippen LogP contribution is -2.29. The molecule has 4 aromatic rings. The number of aryl methyl sites for hydroxylation is 2. The van der Waals surface area contributed by atoms with Crippen LogP contribution in [0.1, 0.15) is 40.3 Å². The first-order chi connectivity index (χ1) is 16.8. The SMILES string of the molecule is Cc1ccnc(-n2c(C)cc([C@@H]3[C@H](c4ccccn4)NC(=S)N3c3ccc(N(C)C)cc3)c2C)c1. The van der Waals surface area contributed by atoms with Gasteiger partial charge in [0.25, 0.3) is 0 Å². The van der Waals surface area contributed by atoms with Crippen molar-refractivity contribution in [1.82, 2.24) is 19.9 Å². The Hall–Kier alpha value is -3.71. The molecule has 1 aromatic carbocycles. The summed E-state index contributed by atoms with van der Waals surface area (Å²) in [4.78, 5) is 13.7. The first kappa shape index (κ1) is 23.1. The first-order valence-electron chi connectivity index (χ1n) is 11.7. The van der Waals surface area contributed by atoms with Crippen molar-refractivity contribution >= 4 is 28.7 Å². The average Bonchev–Trinajstić information content (AvgIpc) is 3.34. The van der Waals surface area contributed by atoms with Crippen LogP contribution < -0.4 is 15.1 Å². The summed E-state index contributed by atoms with van der Waals surface area (Å²) in [5.41, 5.74) is 7.82. The Bertz CT molecular complexity index is 1360. The molecule has 35 heavy (non-hydrogen) atoms. The highest BCUT2D eigenvalue weighted by molar-refractivity contribution is 7.80. The Morgan fingerprint density at radius 2 is 1.69 bits per heavy atom. The normalized spacial score (nSPS) is 17.5. The van der Waals surface area contributed by atoms with E-state index in [-0.39, 0.29) is 12.1 Å². The van der Waals surface area contributed by atoms with Gasteiger partial charge >= 0.3 is 0 Å². The molecule has 7 heteroatoms. The smallest absolute Gasteiger partial charge is 0.174 e. The van der Waals surface area contributed by atoms with E-state index in [0.29, 0.717) is 5.11 Å². The van der Waals surface area contributed by atoms with E-state index in [4.69, 9.17) is 17.2 Å². The van der Waals surface area contributed by atoms with Crippen molar-refractivity contribution in [2.24, 2.45) is 0 Å². The van der Waals surface area contributed by atoms with E-state index in [1.807, 2.05) is 44.7 Å². The number of hydrogen-bond acceptors (Lipinski definition) is 4. The van der Waals surface area contributed by atoms with Crippen molar-refractivity contribution in [1.29, 1.82) is 0 Å². The second-order valence-electron chi connectivity index (χ2n) is 9.26. The van der Waals surface area contributed by atoms with Gasteiger partial charge in [-0.1, -0.05) is 6.07 Å². The van der Waals surface area contributed by atoms with Gasteiger partial charge in [0.15, 0.2) is 5.11 Å². The predicted octanol–water partition coefficient (Wildman–Crippen LogP) is 5.44. The fraction of sp³-hybridized carbons (Fsp3) is 0.250. The Kier molecular flexibility index (Phi) is 6.03. The molecule has 0 amide bonds. The van der Waals surface area contributed by atoms with Crippen LogP contribution in [0.15, 0.2) is 73.1 Å². The fourth-order valence-electron chi connectivity index (χ4n) is 4.94. The third kappa shape index (κ3) is 4.17. The van der Waals surface area contributed by atoms with Gasteiger partial charge in [-0.25, -0.2) is 4.98 Å². The van der Waals surface area contributed by atoms with E-state index in [0.717, 1.165) is 34.3 Å². The van der Waals surface area contributed by atoms with Crippen LogP contribution in [-0.2, 0) is 0 Å². The quantitative estimate of drug-likeness (QED) is 0.383. The monoisotopic (exact) mass is 482 g/mol. The summed E-state index contributed by atoms with van der Waals surface area (Å²) in [7, 11) is 4.09. The highest BCUT2D eigenvalue weighted by Gasteiger charge is 2.42. The Labute approximate surface area is 212 Å². The van der Waals surface area contributed by atoms with Crippen LogP contribution in [0.2, 0.25) is 0 Å². The molecule has 2 atom stereocenters. The minimum absolute atomic E-state index is 0.0626. The molecule has 0 spiro atoms. The number of nitrogens with zero attached hydrogens (tertiary/aromatic N) is 5. The molecule has 178 valence electrons. The maximum absolute atomic E-state index is 5.91. The maximum atomic E-state index is 5.91. The summed E-state index contributed by atoms with van der Waals surface area (Å²) in [5.74, 6) is 0.927. The number of anilines is 2. The lowest BCUT2D eigenvalue weighted by molar-refractivity contribution is 0.565. The highest BCUT2D eigenvalue weighted by atomic mass is 32.1. The van der Waals surface area contributed by atoms with E-state index in [9.17, 15) is 0 Å². The topological polar surface area (TPSA) is 49.2 Å². The van der Waals surface area contributed by atoms with Crippen LogP contribution in [0.4, 0.5) is 11.4 Å². The van der Waals surface area contributed by atoms with Crippen LogP contribution in [-0.4, -0.2) is 33.7 Å². The van der Waals surface area contributed by atoms with Gasteiger partial charge in [0.05, 0.1) is 17.8 Å². The van der Waals surface area contributed by atoms with E-state index in [2.05, 4.69) is 87.9 Å². The third-order valence-electron chi connectivity index (χ3n) is 6.66. The van der Waals surface area contributed by atoms with E-state index in [1.165, 1.54) is 11.1 Å². The Morgan fingerprint density at radius 1 is 0.914 bits per heavy atom. The molecule has 0 bridgehead atoms. The van der Waals surface area contributed by atoms with Gasteiger partial charge in [-0.3, -0.25) is 4.98 Å². The number of hydrogen-bond donors (Lipinski definition) is 1. The average molecular weight is 483 g/mol. The summed E-state index contributed by atoms with van der Waals surface area (Å²) < 4.78 is 2.23. The van der Waals surface area contributed by atoms with Gasteiger partial charge in [-0.2, -0.15) is 0 Å². The van der Waals surface area contributed by atoms with Crippen molar-refractivity contribution < 1.29 is 0 Å². The van der Waals surface area contributed by atoms with Gasteiger partial charge in [0.1, 0.15) is 5.82 Å². The summed E-state index contributed by atoms with van der Waals surface area (Å²) in [6.45, 7) is 6.39. The third-order valence-corrected chi connectivity index (χ3v) is 6.98. The van der Waals surface area contributed by atoms with Crippen LogP contribution >= 0.6 is 12.2 Å². The van der Waals surface area contributed by atoms with Crippen molar-refractivity contribution in [2.75, 3.05) is 23.9 Å². The molecule has 3 aromatic heterocycles. The standard InChI is InChI=1S/C28H30N6S/c1-18-13-15-30-25(16-18)33-19(2)17-23(20(33)3)27-26(24-8-6-7-14-29-24)31-28(35)34(27)22-11-9-21(10-12-22)32(4)5/h6-17,26-27H,1-5H3,(H,31,35)/t26-,27+/m0/s1. The van der Waals surface area contributed by atoms with Crippen LogP contribution in [0.5, 0.6) is 0 Å². The zero-order valence-electron chi connectivity index (χ0n) is 20.7. The molecule has 1 saturated heterocycles. The summed E-state index contributed by atoms with van der Waals surface area (Å²) >= 11 is 5.91. The molecular formula is C28H30N6S. The number of pyridine rings is 2. The molecule has 1 aliphatic heterocycles. The van der Waals surface area contributed by atoms with E-state index in [1.54, 1.807) is 0 Å². The lowest BCUT2D eigenvalue weighted by atomic mass is 9.96. The van der Waals surface area contributed by atoms with Crippen LogP contribution in [0, 0.1) is 20.8 Å². The molecule has 0 saturated carbocycles. The van der Waals surface area contributed by atoms with Crippen molar-refractivity contribution in [2.45, 2.75) is 32.9 Å². The van der Waals surface area contributed by atoms with Crippen molar-refractivity contribution in [3.05, 3.63) is 101 Å². The number of benzene rings is 1. The molecule has 0 radical (unpaired) electrons.